The van der Waals surface area contributed by atoms with Crippen LogP contribution < -0.4 is 19.7 Å². The lowest BCUT2D eigenvalue weighted by atomic mass is 10.2. The molecule has 0 spiro atoms. The molecule has 4 aromatic rings. The minimum Gasteiger partial charge on any atom is -0.487 e. The van der Waals surface area contributed by atoms with Gasteiger partial charge in [-0.15, -0.1) is 0 Å². The van der Waals surface area contributed by atoms with Gasteiger partial charge < -0.3 is 24.8 Å². The van der Waals surface area contributed by atoms with Gasteiger partial charge in [0.2, 0.25) is 0 Å². The average Bonchev–Trinajstić information content (AvgIpc) is 3.02. The van der Waals surface area contributed by atoms with Crippen LogP contribution in [0.15, 0.2) is 43.0 Å². The maximum absolute atomic E-state index is 15.1. The molecule has 11 nitrogen and oxygen atoms in total. The SMILES string of the molecule is Cc1cc(Nc2ncnc3cc4c(nc23)N2CCN(C(=O)O)[C@H](CO4)C2)c(F)cc1Oc1cncc(F)c1. The van der Waals surface area contributed by atoms with E-state index in [1.54, 1.807) is 19.1 Å². The summed E-state index contributed by atoms with van der Waals surface area (Å²) in [6, 6.07) is 5.30. The second-order valence-corrected chi connectivity index (χ2v) is 8.95. The van der Waals surface area contributed by atoms with Crippen LogP contribution in [0.25, 0.3) is 11.0 Å². The lowest BCUT2D eigenvalue weighted by Crippen LogP contribution is -2.56. The van der Waals surface area contributed by atoms with Crippen LogP contribution in [-0.2, 0) is 0 Å². The van der Waals surface area contributed by atoms with E-state index in [0.717, 1.165) is 12.3 Å². The number of ether oxygens (including phenoxy) is 2. The Morgan fingerprint density at radius 2 is 2.05 bits per heavy atom. The van der Waals surface area contributed by atoms with Gasteiger partial charge in [0.15, 0.2) is 17.4 Å². The fourth-order valence-corrected chi connectivity index (χ4v) is 4.58. The molecule has 0 unspecified atom stereocenters. The van der Waals surface area contributed by atoms with Gasteiger partial charge in [0.25, 0.3) is 0 Å². The van der Waals surface area contributed by atoms with E-state index in [-0.39, 0.29) is 35.7 Å². The molecule has 1 atom stereocenters. The number of hydrogen-bond donors (Lipinski definition) is 2. The van der Waals surface area contributed by atoms with Crippen LogP contribution in [0, 0.1) is 18.6 Å². The summed E-state index contributed by atoms with van der Waals surface area (Å²) in [5.74, 6) is 0.498. The summed E-state index contributed by atoms with van der Waals surface area (Å²) in [4.78, 5) is 32.0. The van der Waals surface area contributed by atoms with E-state index in [9.17, 15) is 14.3 Å². The van der Waals surface area contributed by atoms with Gasteiger partial charge in [-0.2, -0.15) is 0 Å². The van der Waals surface area contributed by atoms with Crippen molar-refractivity contribution in [3.05, 3.63) is 60.2 Å². The zero-order valence-electron chi connectivity index (χ0n) is 20.1. The number of anilines is 3. The van der Waals surface area contributed by atoms with E-state index in [1.165, 1.54) is 23.5 Å². The molecule has 1 amide bonds. The van der Waals surface area contributed by atoms with Crippen molar-refractivity contribution in [1.82, 2.24) is 24.8 Å². The van der Waals surface area contributed by atoms with Gasteiger partial charge in [0, 0.05) is 37.8 Å². The molecular weight excluding hydrogens is 500 g/mol. The summed E-state index contributed by atoms with van der Waals surface area (Å²) in [7, 11) is 0. The summed E-state index contributed by atoms with van der Waals surface area (Å²) in [6.07, 6.45) is 2.73. The van der Waals surface area contributed by atoms with E-state index in [2.05, 4.69) is 20.3 Å². The first kappa shape index (κ1) is 23.6. The Bertz CT molecular complexity index is 1570. The van der Waals surface area contributed by atoms with Crippen LogP contribution in [-0.4, -0.2) is 68.3 Å². The highest BCUT2D eigenvalue weighted by molar-refractivity contribution is 5.90. The maximum atomic E-state index is 15.1. The highest BCUT2D eigenvalue weighted by atomic mass is 19.1. The second kappa shape index (κ2) is 9.25. The third-order valence-corrected chi connectivity index (χ3v) is 6.44. The molecule has 2 N–H and O–H groups in total. The molecule has 1 fully saturated rings. The lowest BCUT2D eigenvalue weighted by molar-refractivity contribution is 0.101. The van der Waals surface area contributed by atoms with Crippen LogP contribution in [0.3, 0.4) is 0 Å². The molecule has 1 saturated heterocycles. The maximum Gasteiger partial charge on any atom is 0.407 e. The number of aryl methyl sites for hydroxylation is 1. The van der Waals surface area contributed by atoms with Crippen molar-refractivity contribution in [2.24, 2.45) is 0 Å². The molecular formula is C25H21F2N7O4. The molecule has 194 valence electrons. The summed E-state index contributed by atoms with van der Waals surface area (Å²) >= 11 is 0. The highest BCUT2D eigenvalue weighted by Crippen LogP contribution is 2.37. The van der Waals surface area contributed by atoms with Gasteiger partial charge >= 0.3 is 6.09 Å². The summed E-state index contributed by atoms with van der Waals surface area (Å²) in [5, 5.41) is 12.5. The van der Waals surface area contributed by atoms with Crippen molar-refractivity contribution >= 4 is 34.4 Å². The lowest BCUT2D eigenvalue weighted by Gasteiger charge is -2.37. The minimum absolute atomic E-state index is 0.135. The van der Waals surface area contributed by atoms with Crippen molar-refractivity contribution in [3.63, 3.8) is 0 Å². The topological polar surface area (TPSA) is 126 Å². The second-order valence-electron chi connectivity index (χ2n) is 8.95. The smallest absolute Gasteiger partial charge is 0.407 e. The Balaban J connectivity index is 1.31. The molecule has 1 aromatic carbocycles. The largest absolute Gasteiger partial charge is 0.487 e. The first-order valence-electron chi connectivity index (χ1n) is 11.7. The van der Waals surface area contributed by atoms with Crippen molar-refractivity contribution < 1.29 is 28.2 Å². The number of rotatable bonds is 4. The Morgan fingerprint density at radius 1 is 1.18 bits per heavy atom. The number of pyridine rings is 2. The third kappa shape index (κ3) is 4.31. The number of nitrogens with zero attached hydrogens (tertiary/aromatic N) is 6. The van der Waals surface area contributed by atoms with E-state index in [0.29, 0.717) is 47.8 Å². The molecule has 6 rings (SSSR count). The van der Waals surface area contributed by atoms with Crippen LogP contribution in [0.2, 0.25) is 0 Å². The van der Waals surface area contributed by atoms with Gasteiger partial charge in [-0.05, 0) is 18.6 Å². The quantitative estimate of drug-likeness (QED) is 0.405. The van der Waals surface area contributed by atoms with Crippen LogP contribution >= 0.6 is 0 Å². The summed E-state index contributed by atoms with van der Waals surface area (Å²) < 4.78 is 40.1. The van der Waals surface area contributed by atoms with E-state index < -0.39 is 17.7 Å². The predicted molar refractivity (Wildman–Crippen MR) is 132 cm³/mol. The first-order valence-corrected chi connectivity index (χ1v) is 11.7. The number of aromatic nitrogens is 4. The van der Waals surface area contributed by atoms with Crippen molar-refractivity contribution in [1.29, 1.82) is 0 Å². The van der Waals surface area contributed by atoms with Crippen LogP contribution in [0.1, 0.15) is 5.56 Å². The number of amides is 1. The van der Waals surface area contributed by atoms with Gasteiger partial charge in [-0.25, -0.2) is 28.5 Å². The molecule has 2 aliphatic heterocycles. The highest BCUT2D eigenvalue weighted by Gasteiger charge is 2.35. The number of carbonyl (C=O) groups is 1. The number of nitrogens with one attached hydrogen (secondary N) is 1. The van der Waals surface area contributed by atoms with Gasteiger partial charge in [-0.1, -0.05) is 0 Å². The number of benzene rings is 1. The molecule has 0 radical (unpaired) electrons. The monoisotopic (exact) mass is 521 g/mol. The molecule has 5 heterocycles. The number of halogens is 2. The number of piperazine rings is 1. The molecule has 3 aromatic heterocycles. The molecule has 0 aliphatic carbocycles. The van der Waals surface area contributed by atoms with Crippen LogP contribution in [0.4, 0.5) is 30.9 Å². The Kier molecular flexibility index (Phi) is 5.74. The molecule has 38 heavy (non-hydrogen) atoms. The zero-order valence-corrected chi connectivity index (χ0v) is 20.1. The Labute approximate surface area is 214 Å². The standard InChI is InChI=1S/C25H21F2N7O4/c1-13-4-18(17(27)6-20(13)38-16-5-14(26)8-28-9-16)31-23-22-19(29-12-30-23)7-21-24(32-22)33-2-3-34(25(35)36)15(10-33)11-37-21/h4-9,12,15H,2-3,10-11H2,1H3,(H,35,36)(H,29,30,31)/t15-/m0/s1. The fourth-order valence-electron chi connectivity index (χ4n) is 4.58. The zero-order chi connectivity index (χ0) is 26.4. The number of fused-ring (bicyclic) bond motifs is 5. The fraction of sp³-hybridized carbons (Fsp3) is 0.240. The number of carboxylic acid groups (broad SMARTS) is 1. The average molecular weight is 521 g/mol. The summed E-state index contributed by atoms with van der Waals surface area (Å²) in [6.45, 7) is 3.13. The van der Waals surface area contributed by atoms with Crippen molar-refractivity contribution in [2.45, 2.75) is 13.0 Å². The van der Waals surface area contributed by atoms with Crippen LogP contribution in [0.5, 0.6) is 17.2 Å². The van der Waals surface area contributed by atoms with Gasteiger partial charge in [-0.3, -0.25) is 9.88 Å². The summed E-state index contributed by atoms with van der Waals surface area (Å²) in [5.41, 5.74) is 1.60. The van der Waals surface area contributed by atoms with E-state index >= 15 is 4.39 Å². The predicted octanol–water partition coefficient (Wildman–Crippen LogP) is 4.10. The first-order chi connectivity index (χ1) is 18.4. The number of hydrogen-bond acceptors (Lipinski definition) is 9. The Morgan fingerprint density at radius 3 is 2.87 bits per heavy atom. The molecule has 2 bridgehead atoms. The van der Waals surface area contributed by atoms with Gasteiger partial charge in [0.05, 0.1) is 29.6 Å². The van der Waals surface area contributed by atoms with Crippen molar-refractivity contribution in [2.75, 3.05) is 36.5 Å². The van der Waals surface area contributed by atoms with Crippen molar-refractivity contribution in [3.8, 4) is 17.2 Å². The van der Waals surface area contributed by atoms with E-state index in [1.807, 2.05) is 4.90 Å². The normalized spacial score (nSPS) is 16.4. The third-order valence-electron chi connectivity index (χ3n) is 6.44. The molecule has 13 heteroatoms. The molecule has 0 saturated carbocycles. The minimum atomic E-state index is -0.985. The van der Waals surface area contributed by atoms with E-state index in [4.69, 9.17) is 14.5 Å². The van der Waals surface area contributed by atoms with Gasteiger partial charge in [0.1, 0.15) is 41.6 Å². The Hall–Kier alpha value is -4.81. The molecule has 2 aliphatic rings.